The molecule has 0 saturated carbocycles. The standard InChI is InChI=1S/C13H20BrNO/c1-4-5-8-15(3)11-6-7-12(10(2)16)13(14)9-11/h6-7,9-10,16H,4-5,8H2,1-3H3/t10-/m0/s1. The van der Waals surface area contributed by atoms with Crippen molar-refractivity contribution in [2.45, 2.75) is 32.8 Å². The predicted molar refractivity (Wildman–Crippen MR) is 73.0 cm³/mol. The van der Waals surface area contributed by atoms with E-state index in [1.54, 1.807) is 6.92 Å². The van der Waals surface area contributed by atoms with Gasteiger partial charge in [-0.1, -0.05) is 35.3 Å². The number of hydrogen-bond donors (Lipinski definition) is 1. The third-order valence-electron chi connectivity index (χ3n) is 2.72. The molecular weight excluding hydrogens is 266 g/mol. The molecule has 0 aliphatic carbocycles. The van der Waals surface area contributed by atoms with Crippen LogP contribution in [-0.4, -0.2) is 18.7 Å². The lowest BCUT2D eigenvalue weighted by Crippen LogP contribution is -2.18. The van der Waals surface area contributed by atoms with E-state index in [9.17, 15) is 5.11 Å². The Hall–Kier alpha value is -0.540. The van der Waals surface area contributed by atoms with Crippen molar-refractivity contribution in [3.8, 4) is 0 Å². The molecule has 3 heteroatoms. The number of unbranched alkanes of at least 4 members (excludes halogenated alkanes) is 1. The molecule has 0 heterocycles. The van der Waals surface area contributed by atoms with Crippen LogP contribution in [0.4, 0.5) is 5.69 Å². The van der Waals surface area contributed by atoms with E-state index in [-0.39, 0.29) is 0 Å². The summed E-state index contributed by atoms with van der Waals surface area (Å²) in [5.74, 6) is 0. The molecule has 0 amide bonds. The van der Waals surface area contributed by atoms with Gasteiger partial charge in [0, 0.05) is 23.8 Å². The van der Waals surface area contributed by atoms with Crippen molar-refractivity contribution in [2.75, 3.05) is 18.5 Å². The van der Waals surface area contributed by atoms with E-state index in [4.69, 9.17) is 0 Å². The van der Waals surface area contributed by atoms with Crippen LogP contribution in [0.3, 0.4) is 0 Å². The molecule has 1 N–H and O–H groups in total. The maximum absolute atomic E-state index is 9.53. The first-order valence-corrected chi connectivity index (χ1v) is 6.54. The number of aliphatic hydroxyl groups excluding tert-OH is 1. The van der Waals surface area contributed by atoms with Gasteiger partial charge in [-0.25, -0.2) is 0 Å². The van der Waals surface area contributed by atoms with Crippen molar-refractivity contribution < 1.29 is 5.11 Å². The fourth-order valence-corrected chi connectivity index (χ4v) is 2.31. The molecule has 1 aromatic carbocycles. The second-order valence-corrected chi connectivity index (χ2v) is 5.01. The molecule has 1 aromatic rings. The molecule has 0 unspecified atom stereocenters. The first-order chi connectivity index (χ1) is 7.56. The highest BCUT2D eigenvalue weighted by molar-refractivity contribution is 9.10. The van der Waals surface area contributed by atoms with Crippen LogP contribution in [0.15, 0.2) is 22.7 Å². The maximum atomic E-state index is 9.53. The lowest BCUT2D eigenvalue weighted by molar-refractivity contribution is 0.198. The van der Waals surface area contributed by atoms with Crippen LogP contribution in [-0.2, 0) is 0 Å². The Kier molecular flexibility index (Phi) is 5.29. The Morgan fingerprint density at radius 2 is 2.12 bits per heavy atom. The summed E-state index contributed by atoms with van der Waals surface area (Å²) in [5.41, 5.74) is 2.12. The monoisotopic (exact) mass is 285 g/mol. The highest BCUT2D eigenvalue weighted by atomic mass is 79.9. The van der Waals surface area contributed by atoms with Crippen LogP contribution in [0.2, 0.25) is 0 Å². The largest absolute Gasteiger partial charge is 0.389 e. The molecule has 1 rings (SSSR count). The summed E-state index contributed by atoms with van der Waals surface area (Å²) in [6, 6.07) is 6.10. The number of anilines is 1. The Balaban J connectivity index is 2.80. The fourth-order valence-electron chi connectivity index (χ4n) is 1.62. The van der Waals surface area contributed by atoms with Crippen molar-refractivity contribution >= 4 is 21.6 Å². The zero-order chi connectivity index (χ0) is 12.1. The average molecular weight is 286 g/mol. The summed E-state index contributed by atoms with van der Waals surface area (Å²) in [6.07, 6.45) is 1.98. The molecule has 0 spiro atoms. The SMILES string of the molecule is CCCCN(C)c1ccc([C@H](C)O)c(Br)c1. The second-order valence-electron chi connectivity index (χ2n) is 4.16. The van der Waals surface area contributed by atoms with Gasteiger partial charge in [-0.05, 0) is 31.0 Å². The van der Waals surface area contributed by atoms with Gasteiger partial charge >= 0.3 is 0 Å². The molecular formula is C13H20BrNO. The molecule has 0 aliphatic rings. The van der Waals surface area contributed by atoms with Gasteiger partial charge in [-0.2, -0.15) is 0 Å². The topological polar surface area (TPSA) is 23.5 Å². The van der Waals surface area contributed by atoms with Gasteiger partial charge in [-0.15, -0.1) is 0 Å². The number of nitrogens with zero attached hydrogens (tertiary/aromatic N) is 1. The molecule has 0 fully saturated rings. The Morgan fingerprint density at radius 3 is 2.62 bits per heavy atom. The van der Waals surface area contributed by atoms with Gasteiger partial charge in [0.2, 0.25) is 0 Å². The summed E-state index contributed by atoms with van der Waals surface area (Å²) in [5, 5.41) is 9.53. The average Bonchev–Trinajstić information content (AvgIpc) is 2.25. The van der Waals surface area contributed by atoms with Gasteiger partial charge in [0.1, 0.15) is 0 Å². The number of halogens is 1. The Morgan fingerprint density at radius 1 is 1.44 bits per heavy atom. The lowest BCUT2D eigenvalue weighted by atomic mass is 10.1. The molecule has 0 aromatic heterocycles. The van der Waals surface area contributed by atoms with E-state index in [0.717, 1.165) is 16.6 Å². The number of hydrogen-bond acceptors (Lipinski definition) is 2. The first kappa shape index (κ1) is 13.5. The van der Waals surface area contributed by atoms with Gasteiger partial charge in [0.25, 0.3) is 0 Å². The van der Waals surface area contributed by atoms with Crippen molar-refractivity contribution in [3.05, 3.63) is 28.2 Å². The van der Waals surface area contributed by atoms with Crippen molar-refractivity contribution in [2.24, 2.45) is 0 Å². The van der Waals surface area contributed by atoms with E-state index in [0.29, 0.717) is 0 Å². The fraction of sp³-hybridized carbons (Fsp3) is 0.538. The van der Waals surface area contributed by atoms with Gasteiger partial charge in [0.15, 0.2) is 0 Å². The normalized spacial score (nSPS) is 12.6. The molecule has 90 valence electrons. The molecule has 1 atom stereocenters. The second kappa shape index (κ2) is 6.26. The summed E-state index contributed by atoms with van der Waals surface area (Å²) < 4.78 is 0.975. The lowest BCUT2D eigenvalue weighted by Gasteiger charge is -2.20. The van der Waals surface area contributed by atoms with Crippen LogP contribution in [0.1, 0.15) is 38.4 Å². The Bertz CT molecular complexity index is 339. The van der Waals surface area contributed by atoms with Crippen molar-refractivity contribution in [1.82, 2.24) is 0 Å². The van der Waals surface area contributed by atoms with Crippen molar-refractivity contribution in [1.29, 1.82) is 0 Å². The minimum Gasteiger partial charge on any atom is -0.389 e. The van der Waals surface area contributed by atoms with E-state index < -0.39 is 6.10 Å². The minimum absolute atomic E-state index is 0.427. The summed E-state index contributed by atoms with van der Waals surface area (Å²) in [6.45, 7) is 5.04. The number of aliphatic hydroxyl groups is 1. The van der Waals surface area contributed by atoms with E-state index >= 15 is 0 Å². The first-order valence-electron chi connectivity index (χ1n) is 5.75. The molecule has 0 aliphatic heterocycles. The summed E-state index contributed by atoms with van der Waals surface area (Å²) in [4.78, 5) is 2.24. The van der Waals surface area contributed by atoms with Crippen LogP contribution in [0.25, 0.3) is 0 Å². The third-order valence-corrected chi connectivity index (χ3v) is 3.41. The highest BCUT2D eigenvalue weighted by Gasteiger charge is 2.08. The molecule has 2 nitrogen and oxygen atoms in total. The van der Waals surface area contributed by atoms with Crippen LogP contribution in [0.5, 0.6) is 0 Å². The maximum Gasteiger partial charge on any atom is 0.0772 e. The van der Waals surface area contributed by atoms with Gasteiger partial charge in [-0.3, -0.25) is 0 Å². The van der Waals surface area contributed by atoms with Crippen LogP contribution in [0, 0.1) is 0 Å². The van der Waals surface area contributed by atoms with Gasteiger partial charge < -0.3 is 10.0 Å². The highest BCUT2D eigenvalue weighted by Crippen LogP contribution is 2.27. The quantitative estimate of drug-likeness (QED) is 0.891. The van der Waals surface area contributed by atoms with Crippen LogP contribution >= 0.6 is 15.9 Å². The number of rotatable bonds is 5. The zero-order valence-corrected chi connectivity index (χ0v) is 11.8. The van der Waals surface area contributed by atoms with Crippen molar-refractivity contribution in [3.63, 3.8) is 0 Å². The summed E-state index contributed by atoms with van der Waals surface area (Å²) in [7, 11) is 2.10. The Labute approximate surface area is 106 Å². The van der Waals surface area contributed by atoms with Gasteiger partial charge in [0.05, 0.1) is 6.10 Å². The van der Waals surface area contributed by atoms with E-state index in [1.807, 2.05) is 6.07 Å². The molecule has 0 radical (unpaired) electrons. The minimum atomic E-state index is -0.427. The van der Waals surface area contributed by atoms with Crippen LogP contribution < -0.4 is 4.90 Å². The zero-order valence-electron chi connectivity index (χ0n) is 10.2. The smallest absolute Gasteiger partial charge is 0.0772 e. The molecule has 0 bridgehead atoms. The molecule has 16 heavy (non-hydrogen) atoms. The molecule has 0 saturated heterocycles. The predicted octanol–water partition coefficient (Wildman–Crippen LogP) is 3.74. The van der Waals surface area contributed by atoms with E-state index in [1.165, 1.54) is 18.5 Å². The summed E-state index contributed by atoms with van der Waals surface area (Å²) >= 11 is 3.50. The number of benzene rings is 1. The van der Waals surface area contributed by atoms with E-state index in [2.05, 4.69) is 46.9 Å². The third kappa shape index (κ3) is 3.49.